The Morgan fingerprint density at radius 1 is 0.419 bits per heavy atom. The van der Waals surface area contributed by atoms with Gasteiger partial charge in [0.15, 0.2) is 18.9 Å². The zero-order valence-corrected chi connectivity index (χ0v) is 52.8. The third-order valence-electron chi connectivity index (χ3n) is 16.9. The number of nitrogens with one attached hydrogen (secondary N) is 1. The van der Waals surface area contributed by atoms with Crippen molar-refractivity contribution < 1.29 is 89.4 Å². The van der Waals surface area contributed by atoms with E-state index in [1.165, 1.54) is 148 Å². The van der Waals surface area contributed by atoms with Crippen LogP contribution in [0.25, 0.3) is 0 Å². The Labute approximate surface area is 516 Å². The van der Waals surface area contributed by atoms with Crippen molar-refractivity contribution in [3.63, 3.8) is 0 Å². The molecule has 17 atom stereocenters. The monoisotopic (exact) mass is 1230 g/mol. The highest BCUT2D eigenvalue weighted by molar-refractivity contribution is 5.76. The van der Waals surface area contributed by atoms with E-state index in [1.54, 1.807) is 6.08 Å². The van der Waals surface area contributed by atoms with Crippen molar-refractivity contribution in [3.05, 3.63) is 48.6 Å². The lowest BCUT2D eigenvalue weighted by atomic mass is 9.96. The predicted molar refractivity (Wildman–Crippen MR) is 332 cm³/mol. The van der Waals surface area contributed by atoms with E-state index < -0.39 is 124 Å². The molecule has 19 nitrogen and oxygen atoms in total. The van der Waals surface area contributed by atoms with Crippen LogP contribution in [-0.4, -0.2) is 193 Å². The molecule has 19 heteroatoms. The van der Waals surface area contributed by atoms with Gasteiger partial charge in [-0.15, -0.1) is 0 Å². The number of unbranched alkanes of at least 4 members (excludes halogenated alkanes) is 29. The van der Waals surface area contributed by atoms with Gasteiger partial charge < -0.3 is 89.9 Å². The highest BCUT2D eigenvalue weighted by atomic mass is 16.8. The second-order valence-electron chi connectivity index (χ2n) is 24.3. The van der Waals surface area contributed by atoms with E-state index in [1.807, 2.05) is 6.08 Å². The standard InChI is InChI=1S/C67H121NO18/c1-3-5-7-9-11-13-15-17-19-20-21-22-23-24-25-26-27-28-29-30-31-33-35-37-39-41-43-45-55(73)68-50(51(72)44-42-40-38-36-34-32-18-16-14-12-10-8-6-4-2)49-81-65-61(79)58(76)63(53(47-70)83-65)86-67-62(80)59(77)64(54(48-71)84-67)85-66-60(78)57(75)56(74)52(46-69)82-66/h15,17,20-21,23-24,42,44,50-54,56-67,69-72,74-80H,3-14,16,18-19,22,25-41,43,45-49H2,1-2H3,(H,68,73)/b17-15-,21-20-,24-23-,44-42+. The van der Waals surface area contributed by atoms with Gasteiger partial charge in [-0.3, -0.25) is 4.79 Å². The summed E-state index contributed by atoms with van der Waals surface area (Å²) in [6, 6.07) is -0.974. The first-order valence-electron chi connectivity index (χ1n) is 33.9. The van der Waals surface area contributed by atoms with Crippen LogP contribution in [-0.2, 0) is 33.2 Å². The number of hydrogen-bond acceptors (Lipinski definition) is 18. The number of rotatable bonds is 51. The molecule has 86 heavy (non-hydrogen) atoms. The molecule has 0 aromatic carbocycles. The first-order chi connectivity index (χ1) is 41.8. The van der Waals surface area contributed by atoms with Gasteiger partial charge in [0, 0.05) is 6.42 Å². The van der Waals surface area contributed by atoms with Crippen LogP contribution in [0, 0.1) is 0 Å². The summed E-state index contributed by atoms with van der Waals surface area (Å²) in [7, 11) is 0. The molecule has 0 saturated carbocycles. The first-order valence-corrected chi connectivity index (χ1v) is 33.9. The smallest absolute Gasteiger partial charge is 0.220 e. The summed E-state index contributed by atoms with van der Waals surface area (Å²) < 4.78 is 34.3. The molecule has 3 heterocycles. The third-order valence-corrected chi connectivity index (χ3v) is 16.9. The SMILES string of the molecule is CCCCCCC/C=C\C/C=C\C/C=C\CCCCCCCCCCCCCCC(=O)NC(COC1OC(CO)C(OC2OC(CO)C(OC3OC(CO)C(O)C(O)C3O)C(O)C2O)C(O)C1O)C(O)/C=C/CCCCCCCCCCCCCC. The van der Waals surface area contributed by atoms with Gasteiger partial charge in [-0.1, -0.05) is 223 Å². The van der Waals surface area contributed by atoms with Gasteiger partial charge in [-0.05, 0) is 57.8 Å². The van der Waals surface area contributed by atoms with Gasteiger partial charge in [0.2, 0.25) is 5.91 Å². The van der Waals surface area contributed by atoms with E-state index in [2.05, 4.69) is 55.6 Å². The maximum atomic E-state index is 13.4. The molecular weight excluding hydrogens is 1110 g/mol. The molecule has 0 aliphatic carbocycles. The number of hydrogen-bond donors (Lipinski definition) is 12. The number of carbonyl (C=O) groups excluding carboxylic acids is 1. The Bertz CT molecular complexity index is 1750. The van der Waals surface area contributed by atoms with E-state index >= 15 is 0 Å². The maximum absolute atomic E-state index is 13.4. The first kappa shape index (κ1) is 78.0. The summed E-state index contributed by atoms with van der Waals surface area (Å²) in [5.74, 6) is -0.278. The van der Waals surface area contributed by atoms with E-state index in [4.69, 9.17) is 28.4 Å². The Morgan fingerprint density at radius 2 is 0.767 bits per heavy atom. The summed E-state index contributed by atoms with van der Waals surface area (Å²) in [6.07, 6.45) is 30.9. The van der Waals surface area contributed by atoms with Crippen molar-refractivity contribution in [1.82, 2.24) is 5.32 Å². The van der Waals surface area contributed by atoms with Crippen molar-refractivity contribution in [3.8, 4) is 0 Å². The molecule has 0 radical (unpaired) electrons. The molecule has 12 N–H and O–H groups in total. The molecule has 3 rings (SSSR count). The molecule has 3 saturated heterocycles. The predicted octanol–water partition coefficient (Wildman–Crippen LogP) is 8.22. The van der Waals surface area contributed by atoms with Crippen LogP contribution in [0.1, 0.15) is 239 Å². The summed E-state index contributed by atoms with van der Waals surface area (Å²) in [5, 5.41) is 120. The largest absolute Gasteiger partial charge is 0.394 e. The van der Waals surface area contributed by atoms with Crippen LogP contribution in [0.5, 0.6) is 0 Å². The van der Waals surface area contributed by atoms with Crippen LogP contribution >= 0.6 is 0 Å². The minimum atomic E-state index is -1.98. The van der Waals surface area contributed by atoms with Gasteiger partial charge in [0.1, 0.15) is 73.2 Å². The van der Waals surface area contributed by atoms with Crippen LogP contribution in [0.3, 0.4) is 0 Å². The Hall–Kier alpha value is -2.25. The fourth-order valence-corrected chi connectivity index (χ4v) is 11.3. The van der Waals surface area contributed by atoms with Crippen LogP contribution < -0.4 is 5.32 Å². The minimum absolute atomic E-state index is 0.240. The quantitative estimate of drug-likeness (QED) is 0.0202. The van der Waals surface area contributed by atoms with Crippen molar-refractivity contribution in [2.24, 2.45) is 0 Å². The number of amides is 1. The van der Waals surface area contributed by atoms with Crippen LogP contribution in [0.2, 0.25) is 0 Å². The maximum Gasteiger partial charge on any atom is 0.220 e. The van der Waals surface area contributed by atoms with Crippen molar-refractivity contribution in [1.29, 1.82) is 0 Å². The van der Waals surface area contributed by atoms with Gasteiger partial charge in [-0.25, -0.2) is 0 Å². The van der Waals surface area contributed by atoms with Crippen LogP contribution in [0.15, 0.2) is 48.6 Å². The number of allylic oxidation sites excluding steroid dienone is 7. The lowest BCUT2D eigenvalue weighted by Crippen LogP contribution is -2.66. The summed E-state index contributed by atoms with van der Waals surface area (Å²) in [6.45, 7) is 1.72. The molecule has 1 amide bonds. The Morgan fingerprint density at radius 3 is 1.20 bits per heavy atom. The highest BCUT2D eigenvalue weighted by Crippen LogP contribution is 2.33. The molecule has 0 aromatic heterocycles. The highest BCUT2D eigenvalue weighted by Gasteiger charge is 2.53. The summed E-state index contributed by atoms with van der Waals surface area (Å²) >= 11 is 0. The number of ether oxygens (including phenoxy) is 6. The van der Waals surface area contributed by atoms with Crippen LogP contribution in [0.4, 0.5) is 0 Å². The van der Waals surface area contributed by atoms with Crippen molar-refractivity contribution >= 4 is 5.91 Å². The number of carbonyl (C=O) groups is 1. The number of aliphatic hydroxyl groups is 11. The molecule has 502 valence electrons. The molecule has 0 aromatic rings. The van der Waals surface area contributed by atoms with Gasteiger partial charge in [0.25, 0.3) is 0 Å². The van der Waals surface area contributed by atoms with E-state index in [0.717, 1.165) is 64.2 Å². The lowest BCUT2D eigenvalue weighted by molar-refractivity contribution is -0.379. The van der Waals surface area contributed by atoms with Gasteiger partial charge in [-0.2, -0.15) is 0 Å². The zero-order valence-electron chi connectivity index (χ0n) is 52.8. The summed E-state index contributed by atoms with van der Waals surface area (Å²) in [5.41, 5.74) is 0. The Balaban J connectivity index is 1.42. The molecule has 3 aliphatic heterocycles. The normalized spacial score (nSPS) is 29.1. The fraction of sp³-hybridized carbons (Fsp3) is 0.866. The topological polar surface area (TPSA) is 307 Å². The average molecular weight is 1230 g/mol. The molecule has 17 unspecified atom stereocenters. The van der Waals surface area contributed by atoms with Crippen molar-refractivity contribution in [2.75, 3.05) is 26.4 Å². The molecular formula is C67H121NO18. The Kier molecular flexibility index (Phi) is 44.8. The average Bonchev–Trinajstić information content (AvgIpc) is 1.96. The second-order valence-corrected chi connectivity index (χ2v) is 24.3. The number of aliphatic hydroxyl groups excluding tert-OH is 11. The minimum Gasteiger partial charge on any atom is -0.394 e. The third kappa shape index (κ3) is 31.7. The summed E-state index contributed by atoms with van der Waals surface area (Å²) in [4.78, 5) is 13.4. The second kappa shape index (κ2) is 49.5. The van der Waals surface area contributed by atoms with Gasteiger partial charge >= 0.3 is 0 Å². The molecule has 3 aliphatic rings. The van der Waals surface area contributed by atoms with E-state index in [9.17, 15) is 61.0 Å². The van der Waals surface area contributed by atoms with Gasteiger partial charge in [0.05, 0.1) is 38.6 Å². The fourth-order valence-electron chi connectivity index (χ4n) is 11.3. The molecule has 0 spiro atoms. The lowest BCUT2D eigenvalue weighted by Gasteiger charge is -2.48. The molecule has 3 fully saturated rings. The van der Waals surface area contributed by atoms with E-state index in [-0.39, 0.29) is 18.9 Å². The molecule has 0 bridgehead atoms. The van der Waals surface area contributed by atoms with Crippen molar-refractivity contribution in [2.45, 2.75) is 343 Å². The van der Waals surface area contributed by atoms with E-state index in [0.29, 0.717) is 6.42 Å². The zero-order chi connectivity index (χ0) is 62.6.